The van der Waals surface area contributed by atoms with Gasteiger partial charge in [-0.3, -0.25) is 9.69 Å². The fourth-order valence-electron chi connectivity index (χ4n) is 5.12. The molecule has 198 valence electrons. The highest BCUT2D eigenvalue weighted by Gasteiger charge is 2.59. The van der Waals surface area contributed by atoms with Gasteiger partial charge in [-0.15, -0.1) is 0 Å². The number of hydrogen-bond acceptors (Lipinski definition) is 6. The van der Waals surface area contributed by atoms with Crippen molar-refractivity contribution in [3.63, 3.8) is 0 Å². The first-order valence-electron chi connectivity index (χ1n) is 12.0. The van der Waals surface area contributed by atoms with Crippen LogP contribution < -0.4 is 14.5 Å². The van der Waals surface area contributed by atoms with E-state index in [0.717, 1.165) is 23.6 Å². The molecular weight excluding hydrogens is 523 g/mol. The number of piperidine rings is 1. The van der Waals surface area contributed by atoms with E-state index in [0.29, 0.717) is 50.2 Å². The number of nitriles is 1. The van der Waals surface area contributed by atoms with Gasteiger partial charge in [0, 0.05) is 31.6 Å². The summed E-state index contributed by atoms with van der Waals surface area (Å²) in [6, 6.07) is 9.11. The lowest BCUT2D eigenvalue weighted by Crippen LogP contribution is -2.55. The third-order valence-electron chi connectivity index (χ3n) is 7.25. The van der Waals surface area contributed by atoms with Gasteiger partial charge in [-0.25, -0.2) is 9.78 Å². The number of carboxylic acid groups (broad SMARTS) is 1. The third-order valence-corrected chi connectivity index (χ3v) is 7.61. The molecule has 38 heavy (non-hydrogen) atoms. The smallest absolute Gasteiger partial charge is 0.419 e. The largest absolute Gasteiger partial charge is 0.490 e. The van der Waals surface area contributed by atoms with E-state index in [1.54, 1.807) is 29.2 Å². The Morgan fingerprint density at radius 2 is 1.84 bits per heavy atom. The number of nitrogens with zero attached hydrogens (tertiary/aromatic N) is 5. The number of benzene rings is 1. The summed E-state index contributed by atoms with van der Waals surface area (Å²) in [5, 5.41) is 18.2. The predicted octanol–water partition coefficient (Wildman–Crippen LogP) is 4.55. The predicted molar refractivity (Wildman–Crippen MR) is 133 cm³/mol. The molecule has 1 aromatic carbocycles. The number of carbonyl (C=O) groups is 2. The molecule has 0 atom stereocenters. The summed E-state index contributed by atoms with van der Waals surface area (Å²) in [6.07, 6.45) is -2.00. The van der Waals surface area contributed by atoms with Crippen LogP contribution in [0.1, 0.15) is 43.4 Å². The number of hydrogen-bond donors (Lipinski definition) is 1. The molecule has 1 aliphatic carbocycles. The summed E-state index contributed by atoms with van der Waals surface area (Å²) < 4.78 is 46.7. The number of thiocarbonyl (C=S) groups is 1. The zero-order valence-corrected chi connectivity index (χ0v) is 20.8. The van der Waals surface area contributed by atoms with Crippen LogP contribution in [0, 0.1) is 11.3 Å². The highest BCUT2D eigenvalue weighted by Crippen LogP contribution is 2.48. The van der Waals surface area contributed by atoms with Crippen molar-refractivity contribution < 1.29 is 32.6 Å². The summed E-state index contributed by atoms with van der Waals surface area (Å²) >= 11 is 5.62. The van der Waals surface area contributed by atoms with Crippen LogP contribution in [0.15, 0.2) is 36.5 Å². The molecule has 2 saturated heterocycles. The summed E-state index contributed by atoms with van der Waals surface area (Å²) in [6.45, 7) is 0.779. The Morgan fingerprint density at radius 1 is 1.18 bits per heavy atom. The van der Waals surface area contributed by atoms with Gasteiger partial charge in [0.25, 0.3) is 5.91 Å². The molecule has 5 rings (SSSR count). The van der Waals surface area contributed by atoms with Crippen LogP contribution in [0.3, 0.4) is 0 Å². The Balaban J connectivity index is 1.39. The molecule has 0 bridgehead atoms. The van der Waals surface area contributed by atoms with Gasteiger partial charge < -0.3 is 19.6 Å². The highest BCUT2D eigenvalue weighted by atomic mass is 32.1. The van der Waals surface area contributed by atoms with Crippen LogP contribution in [0.4, 0.5) is 29.3 Å². The van der Waals surface area contributed by atoms with Crippen molar-refractivity contribution in [2.24, 2.45) is 0 Å². The maximum absolute atomic E-state index is 13.6. The molecule has 1 saturated carbocycles. The van der Waals surface area contributed by atoms with Crippen molar-refractivity contribution in [1.29, 1.82) is 5.26 Å². The van der Waals surface area contributed by atoms with Crippen molar-refractivity contribution in [3.05, 3.63) is 47.8 Å². The van der Waals surface area contributed by atoms with Crippen molar-refractivity contribution in [2.45, 2.75) is 49.9 Å². The maximum atomic E-state index is 13.6. The molecule has 0 unspecified atom stereocenters. The SMILES string of the molecule is N#Cc1ncc(N2C(=O)C3(CCC3)N(c3ccc(OC4CCN(C(=O)O)CC4)cc3)C2=S)cc1C(F)(F)F. The van der Waals surface area contributed by atoms with Gasteiger partial charge in [-0.05, 0) is 61.8 Å². The molecule has 2 aliphatic heterocycles. The molecule has 9 nitrogen and oxygen atoms in total. The molecule has 3 heterocycles. The number of halogens is 3. The summed E-state index contributed by atoms with van der Waals surface area (Å²) in [4.78, 5) is 32.4. The second-order valence-electron chi connectivity index (χ2n) is 9.42. The van der Waals surface area contributed by atoms with Gasteiger partial charge in [-0.1, -0.05) is 0 Å². The van der Waals surface area contributed by atoms with E-state index < -0.39 is 35.0 Å². The van der Waals surface area contributed by atoms with Gasteiger partial charge in [0.2, 0.25) is 0 Å². The fraction of sp³-hybridized carbons (Fsp3) is 0.400. The Hall–Kier alpha value is -3.92. The van der Waals surface area contributed by atoms with Gasteiger partial charge in [0.1, 0.15) is 23.5 Å². The fourth-order valence-corrected chi connectivity index (χ4v) is 5.59. The van der Waals surface area contributed by atoms with E-state index >= 15 is 0 Å². The number of rotatable bonds is 4. The molecular formula is C25H22F3N5O4S. The number of amides is 2. The summed E-state index contributed by atoms with van der Waals surface area (Å²) in [5.41, 5.74) is -2.57. The van der Waals surface area contributed by atoms with Gasteiger partial charge in [0.15, 0.2) is 10.8 Å². The van der Waals surface area contributed by atoms with E-state index in [1.165, 1.54) is 11.0 Å². The average Bonchev–Trinajstić information content (AvgIpc) is 3.10. The van der Waals surface area contributed by atoms with Crippen molar-refractivity contribution in [3.8, 4) is 11.8 Å². The number of anilines is 2. The molecule has 13 heteroatoms. The molecule has 3 fully saturated rings. The van der Waals surface area contributed by atoms with Crippen LogP contribution in [-0.4, -0.2) is 56.8 Å². The van der Waals surface area contributed by atoms with Crippen LogP contribution in [-0.2, 0) is 11.0 Å². The second-order valence-corrected chi connectivity index (χ2v) is 9.79. The molecule has 1 aromatic heterocycles. The van der Waals surface area contributed by atoms with Crippen molar-refractivity contribution in [2.75, 3.05) is 22.9 Å². The maximum Gasteiger partial charge on any atom is 0.419 e. The lowest BCUT2D eigenvalue weighted by Gasteiger charge is -2.43. The first-order valence-corrected chi connectivity index (χ1v) is 12.4. The monoisotopic (exact) mass is 545 g/mol. The van der Waals surface area contributed by atoms with E-state index in [9.17, 15) is 22.8 Å². The van der Waals surface area contributed by atoms with Crippen molar-refractivity contribution in [1.82, 2.24) is 9.88 Å². The lowest BCUT2D eigenvalue weighted by molar-refractivity contribution is -0.138. The zero-order chi connectivity index (χ0) is 27.2. The Labute approximate surface area is 221 Å². The van der Waals surface area contributed by atoms with Crippen molar-refractivity contribution >= 4 is 40.7 Å². The van der Waals surface area contributed by atoms with E-state index in [2.05, 4.69) is 4.98 Å². The molecule has 1 spiro atoms. The summed E-state index contributed by atoms with van der Waals surface area (Å²) in [7, 11) is 0. The van der Waals surface area contributed by atoms with Crippen LogP contribution in [0.25, 0.3) is 0 Å². The van der Waals surface area contributed by atoms with Gasteiger partial charge >= 0.3 is 12.3 Å². The minimum Gasteiger partial charge on any atom is -0.490 e. The number of carbonyl (C=O) groups excluding carboxylic acids is 1. The van der Waals surface area contributed by atoms with Gasteiger partial charge in [-0.2, -0.15) is 18.4 Å². The number of alkyl halides is 3. The normalized spacial score (nSPS) is 19.5. The first kappa shape index (κ1) is 25.7. The molecule has 1 N–H and O–H groups in total. The lowest BCUT2D eigenvalue weighted by atomic mass is 9.75. The number of likely N-dealkylation sites (tertiary alicyclic amines) is 1. The Bertz CT molecular complexity index is 1330. The van der Waals surface area contributed by atoms with Gasteiger partial charge in [0.05, 0.1) is 17.4 Å². The molecule has 2 amide bonds. The van der Waals surface area contributed by atoms with E-state index in [4.69, 9.17) is 27.3 Å². The average molecular weight is 546 g/mol. The third kappa shape index (κ3) is 4.28. The molecule has 2 aromatic rings. The topological polar surface area (TPSA) is 110 Å². The first-order chi connectivity index (χ1) is 18.0. The second kappa shape index (κ2) is 9.43. The highest BCUT2D eigenvalue weighted by molar-refractivity contribution is 7.81. The quantitative estimate of drug-likeness (QED) is 0.557. The Kier molecular flexibility index (Phi) is 6.38. The molecule has 0 radical (unpaired) electrons. The standard InChI is InChI=1S/C25H22F3N5O4S/c26-25(27,28)19-12-16(14-30-20(19)13-29)32-21(34)24(8-1-9-24)33(22(32)38)15-2-4-17(5-3-15)37-18-6-10-31(11-7-18)23(35)36/h2-5,12,14,18H,1,6-11H2,(H,35,36). The Morgan fingerprint density at radius 3 is 2.37 bits per heavy atom. The number of aromatic nitrogens is 1. The molecule has 3 aliphatic rings. The number of pyridine rings is 1. The van der Waals surface area contributed by atoms with Crippen LogP contribution in [0.5, 0.6) is 5.75 Å². The number of ether oxygens (including phenoxy) is 1. The van der Waals surface area contributed by atoms with Crippen LogP contribution >= 0.6 is 12.2 Å². The zero-order valence-electron chi connectivity index (χ0n) is 19.9. The van der Waals surface area contributed by atoms with E-state index in [1.807, 2.05) is 0 Å². The van der Waals surface area contributed by atoms with E-state index in [-0.39, 0.29) is 16.9 Å². The minimum absolute atomic E-state index is 0.0315. The van der Waals surface area contributed by atoms with Crippen LogP contribution in [0.2, 0.25) is 0 Å². The summed E-state index contributed by atoms with van der Waals surface area (Å²) in [5.74, 6) is 0.142. The minimum atomic E-state index is -4.83.